The summed E-state index contributed by atoms with van der Waals surface area (Å²) in [6, 6.07) is 9.93. The third-order valence-electron chi connectivity index (χ3n) is 3.68. The number of carbonyl (C=O) groups excluding carboxylic acids is 1. The molecule has 0 bridgehead atoms. The third kappa shape index (κ3) is 2.67. The highest BCUT2D eigenvalue weighted by atomic mass is 16.5. The lowest BCUT2D eigenvalue weighted by atomic mass is 10.1. The Hall–Kier alpha value is -2.76. The highest BCUT2D eigenvalue weighted by Gasteiger charge is 2.16. The summed E-state index contributed by atoms with van der Waals surface area (Å²) in [5, 5.41) is 12.0. The molecule has 0 saturated carbocycles. The summed E-state index contributed by atoms with van der Waals surface area (Å²) in [7, 11) is 0. The molecule has 3 aromatic rings. The van der Waals surface area contributed by atoms with E-state index in [9.17, 15) is 4.79 Å². The number of carbonyl (C=O) groups is 1. The predicted molar refractivity (Wildman–Crippen MR) is 79.7 cm³/mol. The van der Waals surface area contributed by atoms with Crippen LogP contribution in [0.1, 0.15) is 38.8 Å². The minimum Gasteiger partial charge on any atom is -0.361 e. The maximum absolute atomic E-state index is 11.2. The van der Waals surface area contributed by atoms with Crippen molar-refractivity contribution in [3.8, 4) is 0 Å². The van der Waals surface area contributed by atoms with Crippen LogP contribution in [0.25, 0.3) is 0 Å². The fourth-order valence-electron chi connectivity index (χ4n) is 2.41. The zero-order valence-electron chi connectivity index (χ0n) is 12.5. The Bertz CT molecular complexity index is 770. The molecule has 0 atom stereocenters. The number of aromatic nitrogens is 4. The summed E-state index contributed by atoms with van der Waals surface area (Å²) < 4.78 is 6.92. The number of nitrogens with zero attached hydrogens (tertiary/aromatic N) is 4. The van der Waals surface area contributed by atoms with Gasteiger partial charge in [-0.2, -0.15) is 0 Å². The Balaban J connectivity index is 1.95. The molecule has 0 aliphatic rings. The van der Waals surface area contributed by atoms with Crippen LogP contribution in [0.3, 0.4) is 0 Å². The number of rotatable bonds is 5. The van der Waals surface area contributed by atoms with Crippen molar-refractivity contribution < 1.29 is 9.32 Å². The molecule has 2 heterocycles. The molecule has 0 aliphatic carbocycles. The average Bonchev–Trinajstić information content (AvgIpc) is 3.06. The lowest BCUT2D eigenvalue weighted by Gasteiger charge is -2.07. The predicted octanol–water partition coefficient (Wildman–Crippen LogP) is 2.33. The molecule has 0 spiro atoms. The Morgan fingerprint density at radius 1 is 1.23 bits per heavy atom. The largest absolute Gasteiger partial charge is 0.361 e. The molecule has 6 nitrogen and oxygen atoms in total. The zero-order valence-corrected chi connectivity index (χ0v) is 12.5. The summed E-state index contributed by atoms with van der Waals surface area (Å²) in [5.41, 5.74) is 4.06. The maximum atomic E-state index is 11.2. The summed E-state index contributed by atoms with van der Waals surface area (Å²) in [6.07, 6.45) is 1.35. The first-order chi connectivity index (χ1) is 10.7. The highest BCUT2D eigenvalue weighted by Crippen LogP contribution is 2.17. The van der Waals surface area contributed by atoms with E-state index in [2.05, 4.69) is 15.5 Å². The quantitative estimate of drug-likeness (QED) is 0.676. The highest BCUT2D eigenvalue weighted by molar-refractivity contribution is 5.73. The minimum atomic E-state index is 0.371. The van der Waals surface area contributed by atoms with Gasteiger partial charge in [0, 0.05) is 12.0 Å². The van der Waals surface area contributed by atoms with E-state index in [1.54, 1.807) is 4.68 Å². The van der Waals surface area contributed by atoms with E-state index in [4.69, 9.17) is 4.52 Å². The van der Waals surface area contributed by atoms with Gasteiger partial charge in [-0.25, -0.2) is 4.68 Å². The molecule has 0 amide bonds. The second-order valence-corrected chi connectivity index (χ2v) is 5.16. The first kappa shape index (κ1) is 14.2. The van der Waals surface area contributed by atoms with Gasteiger partial charge < -0.3 is 4.52 Å². The van der Waals surface area contributed by atoms with Gasteiger partial charge in [-0.05, 0) is 19.4 Å². The molecule has 1 aromatic carbocycles. The Morgan fingerprint density at radius 2 is 2.00 bits per heavy atom. The SMILES string of the molecule is Cc1noc(C)c1Cn1nnc(C=O)c1Cc1ccccc1. The van der Waals surface area contributed by atoms with E-state index in [1.807, 2.05) is 44.2 Å². The molecule has 0 radical (unpaired) electrons. The van der Waals surface area contributed by atoms with Gasteiger partial charge in [-0.3, -0.25) is 4.79 Å². The van der Waals surface area contributed by atoms with Crippen LogP contribution in [0.5, 0.6) is 0 Å². The molecule has 112 valence electrons. The topological polar surface area (TPSA) is 73.8 Å². The number of hydrogen-bond donors (Lipinski definition) is 0. The summed E-state index contributed by atoms with van der Waals surface area (Å²) in [4.78, 5) is 11.2. The Morgan fingerprint density at radius 3 is 2.64 bits per heavy atom. The van der Waals surface area contributed by atoms with Gasteiger partial charge in [0.1, 0.15) is 11.5 Å². The van der Waals surface area contributed by atoms with E-state index >= 15 is 0 Å². The maximum Gasteiger partial charge on any atom is 0.172 e. The van der Waals surface area contributed by atoms with Crippen LogP contribution in [0.4, 0.5) is 0 Å². The van der Waals surface area contributed by atoms with Gasteiger partial charge in [0.25, 0.3) is 0 Å². The van der Waals surface area contributed by atoms with E-state index in [1.165, 1.54) is 0 Å². The van der Waals surface area contributed by atoms with E-state index in [0.717, 1.165) is 34.6 Å². The number of benzene rings is 1. The van der Waals surface area contributed by atoms with Crippen molar-refractivity contribution in [1.82, 2.24) is 20.2 Å². The summed E-state index contributed by atoms with van der Waals surface area (Å²) in [6.45, 7) is 4.24. The third-order valence-corrected chi connectivity index (χ3v) is 3.68. The van der Waals surface area contributed by atoms with Gasteiger partial charge in [0.05, 0.1) is 17.9 Å². The molecule has 0 saturated heterocycles. The van der Waals surface area contributed by atoms with E-state index < -0.39 is 0 Å². The standard InChI is InChI=1S/C16H16N4O2/c1-11-14(12(2)22-18-11)9-20-16(15(10-21)17-19-20)8-13-6-4-3-5-7-13/h3-7,10H,8-9H2,1-2H3. The van der Waals surface area contributed by atoms with Crippen LogP contribution >= 0.6 is 0 Å². The fourth-order valence-corrected chi connectivity index (χ4v) is 2.41. The lowest BCUT2D eigenvalue weighted by Crippen LogP contribution is -2.09. The second-order valence-electron chi connectivity index (χ2n) is 5.16. The number of aldehydes is 1. The number of hydrogen-bond acceptors (Lipinski definition) is 5. The zero-order chi connectivity index (χ0) is 15.5. The van der Waals surface area contributed by atoms with Crippen LogP contribution in [0, 0.1) is 13.8 Å². The van der Waals surface area contributed by atoms with Gasteiger partial charge in [-0.1, -0.05) is 40.7 Å². The monoisotopic (exact) mass is 296 g/mol. The molecular weight excluding hydrogens is 280 g/mol. The molecule has 6 heteroatoms. The Labute approximate surface area is 127 Å². The van der Waals surface area contributed by atoms with E-state index in [0.29, 0.717) is 18.7 Å². The molecule has 22 heavy (non-hydrogen) atoms. The average molecular weight is 296 g/mol. The van der Waals surface area contributed by atoms with Gasteiger partial charge >= 0.3 is 0 Å². The van der Waals surface area contributed by atoms with Gasteiger partial charge in [0.2, 0.25) is 0 Å². The van der Waals surface area contributed by atoms with Crippen LogP contribution in [0.2, 0.25) is 0 Å². The van der Waals surface area contributed by atoms with Crippen molar-refractivity contribution in [1.29, 1.82) is 0 Å². The van der Waals surface area contributed by atoms with Crippen LogP contribution in [-0.2, 0) is 13.0 Å². The molecule has 0 unspecified atom stereocenters. The second kappa shape index (κ2) is 5.93. The van der Waals surface area contributed by atoms with Crippen LogP contribution in [-0.4, -0.2) is 26.4 Å². The molecule has 0 aliphatic heterocycles. The number of aryl methyl sites for hydroxylation is 2. The molecule has 0 N–H and O–H groups in total. The van der Waals surface area contributed by atoms with Crippen LogP contribution < -0.4 is 0 Å². The summed E-state index contributed by atoms with van der Waals surface area (Å²) >= 11 is 0. The van der Waals surface area contributed by atoms with Crippen molar-refractivity contribution >= 4 is 6.29 Å². The molecule has 0 fully saturated rings. The lowest BCUT2D eigenvalue weighted by molar-refractivity contribution is 0.111. The van der Waals surface area contributed by atoms with Crippen molar-refractivity contribution in [2.45, 2.75) is 26.8 Å². The normalized spacial score (nSPS) is 10.8. The first-order valence-electron chi connectivity index (χ1n) is 7.02. The van der Waals surface area contributed by atoms with Crippen LogP contribution in [0.15, 0.2) is 34.9 Å². The van der Waals surface area contributed by atoms with E-state index in [-0.39, 0.29) is 0 Å². The van der Waals surface area contributed by atoms with Crippen molar-refractivity contribution in [3.05, 3.63) is 64.3 Å². The first-order valence-corrected chi connectivity index (χ1v) is 7.02. The Kier molecular flexibility index (Phi) is 3.82. The van der Waals surface area contributed by atoms with Crippen molar-refractivity contribution in [2.75, 3.05) is 0 Å². The van der Waals surface area contributed by atoms with Crippen molar-refractivity contribution in [3.63, 3.8) is 0 Å². The molecule has 2 aromatic heterocycles. The van der Waals surface area contributed by atoms with Gasteiger partial charge in [0.15, 0.2) is 6.29 Å². The minimum absolute atomic E-state index is 0.371. The smallest absolute Gasteiger partial charge is 0.172 e. The molecule has 3 rings (SSSR count). The van der Waals surface area contributed by atoms with Gasteiger partial charge in [-0.15, -0.1) is 5.10 Å². The molecular formula is C16H16N4O2. The summed E-state index contributed by atoms with van der Waals surface area (Å²) in [5.74, 6) is 0.756. The van der Waals surface area contributed by atoms with Crippen molar-refractivity contribution in [2.24, 2.45) is 0 Å². The fraction of sp³-hybridized carbons (Fsp3) is 0.250.